The molecule has 1 N–H and O–H groups in total. The highest BCUT2D eigenvalue weighted by molar-refractivity contribution is 5.79. The number of methoxy groups -OCH3 is 1. The summed E-state index contributed by atoms with van der Waals surface area (Å²) < 4.78 is 7.13. The number of piperazine rings is 1. The average molecular weight is 550 g/mol. The fourth-order valence-electron chi connectivity index (χ4n) is 5.77. The number of nitrogens with zero attached hydrogens (tertiary/aromatic N) is 6. The lowest BCUT2D eigenvalue weighted by Gasteiger charge is -2.40. The van der Waals surface area contributed by atoms with E-state index in [-0.39, 0.29) is 5.56 Å². The number of H-pyrrole nitrogens is 1. The molecule has 3 heterocycles. The number of hydrogen-bond donors (Lipinski definition) is 1. The van der Waals surface area contributed by atoms with Gasteiger partial charge in [-0.05, 0) is 89.7 Å². The summed E-state index contributed by atoms with van der Waals surface area (Å²) in [6, 6.07) is 22.0. The van der Waals surface area contributed by atoms with Gasteiger partial charge < -0.3 is 14.6 Å². The Kier molecular flexibility index (Phi) is 7.28. The third-order valence-electron chi connectivity index (χ3n) is 8.21. The Hall–Kier alpha value is -4.50. The zero-order chi connectivity index (χ0) is 28.5. The predicted molar refractivity (Wildman–Crippen MR) is 161 cm³/mol. The van der Waals surface area contributed by atoms with Crippen LogP contribution in [0.5, 0.6) is 5.75 Å². The van der Waals surface area contributed by atoms with Gasteiger partial charge in [-0.15, -0.1) is 5.10 Å². The highest BCUT2D eigenvalue weighted by Crippen LogP contribution is 2.30. The van der Waals surface area contributed by atoms with Crippen molar-refractivity contribution < 1.29 is 4.74 Å². The summed E-state index contributed by atoms with van der Waals surface area (Å²) in [5, 5.41) is 13.9. The van der Waals surface area contributed by atoms with Gasteiger partial charge in [-0.3, -0.25) is 9.69 Å². The van der Waals surface area contributed by atoms with Gasteiger partial charge in [0.2, 0.25) is 0 Å². The van der Waals surface area contributed by atoms with Crippen molar-refractivity contribution in [2.24, 2.45) is 0 Å². The predicted octanol–water partition coefficient (Wildman–Crippen LogP) is 4.41. The zero-order valence-electron chi connectivity index (χ0n) is 24.0. The van der Waals surface area contributed by atoms with Crippen LogP contribution >= 0.6 is 0 Å². The van der Waals surface area contributed by atoms with Crippen LogP contribution < -0.4 is 15.2 Å². The monoisotopic (exact) mass is 549 g/mol. The molecule has 0 amide bonds. The summed E-state index contributed by atoms with van der Waals surface area (Å²) in [4.78, 5) is 21.5. The van der Waals surface area contributed by atoms with Crippen LogP contribution in [0.4, 0.5) is 5.69 Å². The quantitative estimate of drug-likeness (QED) is 0.322. The first kappa shape index (κ1) is 26.7. The summed E-state index contributed by atoms with van der Waals surface area (Å²) in [6.45, 7) is 10.1. The number of aryl methyl sites for hydroxylation is 2. The molecule has 1 aliphatic heterocycles. The van der Waals surface area contributed by atoms with Crippen LogP contribution in [-0.4, -0.2) is 63.4 Å². The minimum Gasteiger partial charge on any atom is -0.497 e. The smallest absolute Gasteiger partial charge is 0.253 e. The number of pyridine rings is 1. The molecule has 0 radical (unpaired) electrons. The second kappa shape index (κ2) is 11.2. The van der Waals surface area contributed by atoms with Crippen LogP contribution in [0.2, 0.25) is 0 Å². The highest BCUT2D eigenvalue weighted by atomic mass is 16.5. The van der Waals surface area contributed by atoms with Crippen LogP contribution in [0.3, 0.4) is 0 Å². The van der Waals surface area contributed by atoms with Crippen molar-refractivity contribution in [2.75, 3.05) is 38.2 Å². The number of aromatic nitrogens is 5. The Morgan fingerprint density at radius 1 is 0.951 bits per heavy atom. The van der Waals surface area contributed by atoms with E-state index in [1.54, 1.807) is 7.11 Å². The molecule has 2 aromatic heterocycles. The highest BCUT2D eigenvalue weighted by Gasteiger charge is 2.33. The Morgan fingerprint density at radius 3 is 2.49 bits per heavy atom. The molecule has 1 atom stereocenters. The lowest BCUT2D eigenvalue weighted by molar-refractivity contribution is 0.200. The van der Waals surface area contributed by atoms with Crippen molar-refractivity contribution >= 4 is 16.6 Å². The Bertz CT molecular complexity index is 1730. The third kappa shape index (κ3) is 5.32. The van der Waals surface area contributed by atoms with E-state index in [9.17, 15) is 4.79 Å². The largest absolute Gasteiger partial charge is 0.497 e. The number of anilines is 1. The van der Waals surface area contributed by atoms with Crippen LogP contribution in [-0.2, 0) is 6.54 Å². The van der Waals surface area contributed by atoms with E-state index in [0.717, 1.165) is 54.0 Å². The van der Waals surface area contributed by atoms with Crippen molar-refractivity contribution in [1.29, 1.82) is 0 Å². The van der Waals surface area contributed by atoms with E-state index in [1.165, 1.54) is 16.8 Å². The first-order valence-electron chi connectivity index (χ1n) is 14.0. The molecule has 9 heteroatoms. The summed E-state index contributed by atoms with van der Waals surface area (Å²) in [7, 11) is 1.65. The lowest BCUT2D eigenvalue weighted by Crippen LogP contribution is -2.49. The van der Waals surface area contributed by atoms with Crippen molar-refractivity contribution in [3.05, 3.63) is 111 Å². The fraction of sp³-hybridized carbons (Fsp3) is 0.312. The molecule has 210 valence electrons. The lowest BCUT2D eigenvalue weighted by atomic mass is 10.0. The molecule has 1 fully saturated rings. The molecule has 0 spiro atoms. The van der Waals surface area contributed by atoms with Gasteiger partial charge in [0.15, 0.2) is 5.82 Å². The molecule has 0 aliphatic carbocycles. The fourth-order valence-corrected chi connectivity index (χ4v) is 5.77. The van der Waals surface area contributed by atoms with Crippen molar-refractivity contribution in [3.63, 3.8) is 0 Å². The molecule has 0 saturated carbocycles. The van der Waals surface area contributed by atoms with E-state index >= 15 is 0 Å². The van der Waals surface area contributed by atoms with E-state index < -0.39 is 6.04 Å². The number of rotatable bonds is 7. The van der Waals surface area contributed by atoms with Gasteiger partial charge in [0.25, 0.3) is 5.56 Å². The topological polar surface area (TPSA) is 92.2 Å². The van der Waals surface area contributed by atoms with Crippen molar-refractivity contribution in [1.82, 2.24) is 30.1 Å². The molecule has 1 aliphatic rings. The number of nitrogens with one attached hydrogen (secondary N) is 1. The van der Waals surface area contributed by atoms with Crippen LogP contribution in [0.1, 0.15) is 39.7 Å². The number of aromatic amines is 1. The number of tetrazole rings is 1. The van der Waals surface area contributed by atoms with E-state index in [0.29, 0.717) is 17.9 Å². The second-order valence-corrected chi connectivity index (χ2v) is 10.8. The van der Waals surface area contributed by atoms with Gasteiger partial charge in [-0.25, -0.2) is 4.68 Å². The summed E-state index contributed by atoms with van der Waals surface area (Å²) in [5.74, 6) is 1.45. The molecule has 0 bridgehead atoms. The first-order chi connectivity index (χ1) is 19.9. The Labute approximate surface area is 239 Å². The first-order valence-corrected chi connectivity index (χ1v) is 14.0. The zero-order valence-corrected chi connectivity index (χ0v) is 24.0. The van der Waals surface area contributed by atoms with Crippen LogP contribution in [0.25, 0.3) is 10.9 Å². The van der Waals surface area contributed by atoms with E-state index in [1.807, 2.05) is 47.1 Å². The molecule has 0 unspecified atom stereocenters. The number of fused-ring (bicyclic) bond motifs is 1. The summed E-state index contributed by atoms with van der Waals surface area (Å²) >= 11 is 0. The summed E-state index contributed by atoms with van der Waals surface area (Å²) in [6.07, 6.45) is 0. The van der Waals surface area contributed by atoms with Gasteiger partial charge in [0.1, 0.15) is 11.8 Å². The molecular formula is C32H35N7O2. The third-order valence-corrected chi connectivity index (χ3v) is 8.21. The molecule has 1 saturated heterocycles. The minimum absolute atomic E-state index is 0.123. The summed E-state index contributed by atoms with van der Waals surface area (Å²) in [5.41, 5.74) is 7.39. The number of benzene rings is 3. The average Bonchev–Trinajstić information content (AvgIpc) is 3.43. The molecule has 5 aromatic rings. The Morgan fingerprint density at radius 2 is 1.73 bits per heavy atom. The van der Waals surface area contributed by atoms with Crippen molar-refractivity contribution in [2.45, 2.75) is 33.4 Å². The SMILES string of the molecule is COc1ccc(Cn2nnnc2[C@H](c2cc3cc(C)ccc3[nH]c2=O)N2CCN(c3cccc(C)c3C)CC2)cc1. The van der Waals surface area contributed by atoms with Crippen molar-refractivity contribution in [3.8, 4) is 5.75 Å². The van der Waals surface area contributed by atoms with Gasteiger partial charge in [0.05, 0.1) is 13.7 Å². The maximum atomic E-state index is 13.6. The molecule has 9 nitrogen and oxygen atoms in total. The van der Waals surface area contributed by atoms with Crippen LogP contribution in [0.15, 0.2) is 71.5 Å². The molecular weight excluding hydrogens is 514 g/mol. The number of hydrogen-bond acceptors (Lipinski definition) is 7. The molecule has 41 heavy (non-hydrogen) atoms. The standard InChI is InChI=1S/C32H35N7O2/c1-21-8-13-28-25(18-21)19-27(32(40)33-28)30(31-34-35-36-39(31)20-24-9-11-26(41-4)12-10-24)38-16-14-37(15-17-38)29-7-5-6-22(2)23(29)3/h5-13,18-19,30H,14-17,20H2,1-4H3,(H,33,40)/t30-/m0/s1. The van der Waals surface area contributed by atoms with E-state index in [4.69, 9.17) is 4.74 Å². The maximum Gasteiger partial charge on any atom is 0.253 e. The van der Waals surface area contributed by atoms with Gasteiger partial charge in [-0.1, -0.05) is 35.9 Å². The van der Waals surface area contributed by atoms with Gasteiger partial charge >= 0.3 is 0 Å². The van der Waals surface area contributed by atoms with E-state index in [2.05, 4.69) is 75.3 Å². The number of ether oxygens (including phenoxy) is 1. The normalized spacial score (nSPS) is 14.9. The Balaban J connectivity index is 1.38. The van der Waals surface area contributed by atoms with Gasteiger partial charge in [0, 0.05) is 42.9 Å². The van der Waals surface area contributed by atoms with Crippen LogP contribution in [0, 0.1) is 20.8 Å². The molecule has 6 rings (SSSR count). The second-order valence-electron chi connectivity index (χ2n) is 10.8. The van der Waals surface area contributed by atoms with Gasteiger partial charge in [-0.2, -0.15) is 0 Å². The molecule has 3 aromatic carbocycles. The maximum absolute atomic E-state index is 13.6. The minimum atomic E-state index is -0.405.